The molecule has 0 amide bonds. The van der Waals surface area contributed by atoms with Crippen LogP contribution < -0.4 is 0 Å². The lowest BCUT2D eigenvalue weighted by Gasteiger charge is -2.45. The third-order valence-corrected chi connectivity index (χ3v) is 3.72. The van der Waals surface area contributed by atoms with Gasteiger partial charge in [0.25, 0.3) is 0 Å². The number of rotatable bonds is 2. The zero-order chi connectivity index (χ0) is 12.2. The van der Waals surface area contributed by atoms with E-state index in [0.717, 1.165) is 52.6 Å². The SMILES string of the molecule is C1CN([C@@H]2OCCO[C@@H]2N2CCOCC2)CCO1. The summed E-state index contributed by atoms with van der Waals surface area (Å²) in [5.41, 5.74) is 0. The van der Waals surface area contributed by atoms with Gasteiger partial charge in [-0.15, -0.1) is 0 Å². The Bertz CT molecular complexity index is 228. The Morgan fingerprint density at radius 2 is 0.944 bits per heavy atom. The van der Waals surface area contributed by atoms with Gasteiger partial charge in [0, 0.05) is 26.2 Å². The first-order chi connectivity index (χ1) is 8.95. The van der Waals surface area contributed by atoms with Gasteiger partial charge in [-0.25, -0.2) is 0 Å². The fraction of sp³-hybridized carbons (Fsp3) is 1.00. The van der Waals surface area contributed by atoms with Crippen LogP contribution in [0.3, 0.4) is 0 Å². The highest BCUT2D eigenvalue weighted by molar-refractivity contribution is 4.79. The molecule has 6 heteroatoms. The summed E-state index contributed by atoms with van der Waals surface area (Å²) in [6.45, 7) is 8.22. The van der Waals surface area contributed by atoms with Gasteiger partial charge < -0.3 is 18.9 Å². The van der Waals surface area contributed by atoms with Crippen molar-refractivity contribution in [3.05, 3.63) is 0 Å². The molecule has 3 fully saturated rings. The Morgan fingerprint density at radius 3 is 1.33 bits per heavy atom. The number of nitrogens with zero attached hydrogens (tertiary/aromatic N) is 2. The van der Waals surface area contributed by atoms with Crippen LogP contribution in [0.25, 0.3) is 0 Å². The summed E-state index contributed by atoms with van der Waals surface area (Å²) in [6, 6.07) is 0. The second-order valence-corrected chi connectivity index (χ2v) is 4.82. The Hall–Kier alpha value is -0.240. The molecule has 0 aromatic rings. The molecular weight excluding hydrogens is 236 g/mol. The molecule has 3 saturated heterocycles. The van der Waals surface area contributed by atoms with E-state index in [2.05, 4.69) is 9.80 Å². The first kappa shape index (κ1) is 12.8. The number of morpholine rings is 2. The molecule has 6 nitrogen and oxygen atoms in total. The average molecular weight is 258 g/mol. The quantitative estimate of drug-likeness (QED) is 0.656. The normalized spacial score (nSPS) is 36.7. The molecule has 18 heavy (non-hydrogen) atoms. The highest BCUT2D eigenvalue weighted by atomic mass is 16.6. The van der Waals surface area contributed by atoms with Crippen LogP contribution in [-0.4, -0.2) is 88.1 Å². The zero-order valence-corrected chi connectivity index (χ0v) is 10.8. The van der Waals surface area contributed by atoms with Gasteiger partial charge in [0.2, 0.25) is 0 Å². The molecule has 0 N–H and O–H groups in total. The molecule has 0 aromatic carbocycles. The third kappa shape index (κ3) is 2.84. The van der Waals surface area contributed by atoms with Crippen molar-refractivity contribution in [3.63, 3.8) is 0 Å². The second kappa shape index (κ2) is 6.27. The van der Waals surface area contributed by atoms with Crippen molar-refractivity contribution < 1.29 is 18.9 Å². The lowest BCUT2D eigenvalue weighted by molar-refractivity contribution is -0.256. The van der Waals surface area contributed by atoms with Gasteiger partial charge in [-0.1, -0.05) is 0 Å². The van der Waals surface area contributed by atoms with Crippen LogP contribution in [0, 0.1) is 0 Å². The van der Waals surface area contributed by atoms with Gasteiger partial charge >= 0.3 is 0 Å². The van der Waals surface area contributed by atoms with Gasteiger partial charge in [-0.05, 0) is 0 Å². The minimum absolute atomic E-state index is 0.0424. The van der Waals surface area contributed by atoms with Crippen LogP contribution in [0.2, 0.25) is 0 Å². The summed E-state index contributed by atoms with van der Waals surface area (Å²) in [4.78, 5) is 4.67. The molecule has 2 atom stereocenters. The van der Waals surface area contributed by atoms with Crippen molar-refractivity contribution in [2.75, 3.05) is 65.8 Å². The number of hydrogen-bond donors (Lipinski definition) is 0. The van der Waals surface area contributed by atoms with Crippen LogP contribution in [0.1, 0.15) is 0 Å². The van der Waals surface area contributed by atoms with Crippen LogP contribution >= 0.6 is 0 Å². The molecule has 0 bridgehead atoms. The maximum absolute atomic E-state index is 5.95. The maximum Gasteiger partial charge on any atom is 0.151 e. The van der Waals surface area contributed by atoms with Crippen molar-refractivity contribution in [2.24, 2.45) is 0 Å². The molecule has 104 valence electrons. The van der Waals surface area contributed by atoms with Crippen molar-refractivity contribution >= 4 is 0 Å². The van der Waals surface area contributed by atoms with E-state index >= 15 is 0 Å². The predicted molar refractivity (Wildman–Crippen MR) is 64.3 cm³/mol. The van der Waals surface area contributed by atoms with Gasteiger partial charge in [-0.3, -0.25) is 9.80 Å². The summed E-state index contributed by atoms with van der Waals surface area (Å²) < 4.78 is 22.7. The summed E-state index contributed by atoms with van der Waals surface area (Å²) >= 11 is 0. The van der Waals surface area contributed by atoms with Crippen molar-refractivity contribution in [1.82, 2.24) is 9.80 Å². The fourth-order valence-corrected chi connectivity index (χ4v) is 2.74. The molecule has 0 unspecified atom stereocenters. The minimum Gasteiger partial charge on any atom is -0.379 e. The highest BCUT2D eigenvalue weighted by Gasteiger charge is 2.37. The van der Waals surface area contributed by atoms with E-state index in [1.165, 1.54) is 0 Å². The Morgan fingerprint density at radius 1 is 0.556 bits per heavy atom. The van der Waals surface area contributed by atoms with E-state index in [1.807, 2.05) is 0 Å². The minimum atomic E-state index is 0.0424. The van der Waals surface area contributed by atoms with Gasteiger partial charge in [0.1, 0.15) is 0 Å². The molecular formula is C12H22N2O4. The van der Waals surface area contributed by atoms with Gasteiger partial charge in [0.05, 0.1) is 39.6 Å². The molecule has 0 saturated carbocycles. The standard InChI is InChI=1S/C12H22N2O4/c1-5-15-6-2-13(1)11-12(18-10-9-17-11)14-3-7-16-8-4-14/h11-12H,1-10H2/t11-,12+. The number of hydrogen-bond acceptors (Lipinski definition) is 6. The second-order valence-electron chi connectivity index (χ2n) is 4.82. The first-order valence-corrected chi connectivity index (χ1v) is 6.82. The monoisotopic (exact) mass is 258 g/mol. The van der Waals surface area contributed by atoms with Crippen LogP contribution in [-0.2, 0) is 18.9 Å². The zero-order valence-electron chi connectivity index (χ0n) is 10.8. The molecule has 0 aliphatic carbocycles. The summed E-state index contributed by atoms with van der Waals surface area (Å²) in [5, 5.41) is 0. The van der Waals surface area contributed by atoms with E-state index in [1.54, 1.807) is 0 Å². The number of ether oxygens (including phenoxy) is 4. The maximum atomic E-state index is 5.95. The first-order valence-electron chi connectivity index (χ1n) is 6.82. The average Bonchev–Trinajstić information content (AvgIpc) is 2.49. The van der Waals surface area contributed by atoms with E-state index < -0.39 is 0 Å². The van der Waals surface area contributed by atoms with Crippen molar-refractivity contribution in [2.45, 2.75) is 12.5 Å². The molecule has 3 rings (SSSR count). The molecule has 3 aliphatic heterocycles. The topological polar surface area (TPSA) is 43.4 Å². The van der Waals surface area contributed by atoms with Crippen LogP contribution in [0.4, 0.5) is 0 Å². The van der Waals surface area contributed by atoms with Gasteiger partial charge in [0.15, 0.2) is 12.5 Å². The highest BCUT2D eigenvalue weighted by Crippen LogP contribution is 2.20. The summed E-state index contributed by atoms with van der Waals surface area (Å²) in [5.74, 6) is 0. The van der Waals surface area contributed by atoms with E-state index in [4.69, 9.17) is 18.9 Å². The smallest absolute Gasteiger partial charge is 0.151 e. The lowest BCUT2D eigenvalue weighted by Crippen LogP contribution is -2.61. The van der Waals surface area contributed by atoms with Crippen molar-refractivity contribution in [1.29, 1.82) is 0 Å². The van der Waals surface area contributed by atoms with Gasteiger partial charge in [-0.2, -0.15) is 0 Å². The van der Waals surface area contributed by atoms with E-state index in [0.29, 0.717) is 13.2 Å². The Labute approximate surface area is 108 Å². The lowest BCUT2D eigenvalue weighted by atomic mass is 10.2. The van der Waals surface area contributed by atoms with Crippen LogP contribution in [0.5, 0.6) is 0 Å². The Balaban J connectivity index is 1.64. The fourth-order valence-electron chi connectivity index (χ4n) is 2.74. The largest absolute Gasteiger partial charge is 0.379 e. The van der Waals surface area contributed by atoms with E-state index in [9.17, 15) is 0 Å². The molecule has 0 spiro atoms. The molecule has 0 aromatic heterocycles. The third-order valence-electron chi connectivity index (χ3n) is 3.72. The predicted octanol–water partition coefficient (Wildman–Crippen LogP) is -0.650. The summed E-state index contributed by atoms with van der Waals surface area (Å²) in [7, 11) is 0. The van der Waals surface area contributed by atoms with Crippen LogP contribution in [0.15, 0.2) is 0 Å². The van der Waals surface area contributed by atoms with Crippen molar-refractivity contribution in [3.8, 4) is 0 Å². The Kier molecular flexibility index (Phi) is 4.45. The molecule has 3 heterocycles. The summed E-state index contributed by atoms with van der Waals surface area (Å²) in [6.07, 6.45) is 0.0847. The molecule has 3 aliphatic rings. The van der Waals surface area contributed by atoms with E-state index in [-0.39, 0.29) is 12.5 Å². The molecule has 0 radical (unpaired) electrons.